The first-order chi connectivity index (χ1) is 22.3. The van der Waals surface area contributed by atoms with Crippen LogP contribution in [0.1, 0.15) is 64.5 Å². The van der Waals surface area contributed by atoms with Gasteiger partial charge < -0.3 is 9.84 Å². The fraction of sp³-hybridized carbons (Fsp3) is 0.293. The standard InChI is InChI=1S/C28H17N2O.C13H24O2.Ir/c1-15-7-8-18-13-23-27-25-21(11-12-29-27)20-10-9-17-5-3-4-6-19(17)22(20)14-24(25)31-28(23)30-26(18)16(15)2;1-5-10(6-2)12(14)9-13(15)11(7-3)8-4;/h3-12,14H,1-2H3;9-11,14H,5-8H2,1-4H3;/q-1;;/b;12-9-;. The van der Waals surface area contributed by atoms with Crippen LogP contribution in [0, 0.1) is 31.7 Å². The van der Waals surface area contributed by atoms with Crippen molar-refractivity contribution in [2.75, 3.05) is 0 Å². The molecule has 243 valence electrons. The summed E-state index contributed by atoms with van der Waals surface area (Å²) in [4.78, 5) is 21.4. The zero-order chi connectivity index (χ0) is 32.5. The van der Waals surface area contributed by atoms with Gasteiger partial charge in [-0.25, -0.2) is 0 Å². The number of nitrogens with zero attached hydrogens (tertiary/aromatic N) is 2. The van der Waals surface area contributed by atoms with Crippen LogP contribution in [0.3, 0.4) is 0 Å². The summed E-state index contributed by atoms with van der Waals surface area (Å²) >= 11 is 0. The molecule has 5 nitrogen and oxygen atoms in total. The summed E-state index contributed by atoms with van der Waals surface area (Å²) in [6.07, 6.45) is 6.78. The average molecular weight is 802 g/mol. The Morgan fingerprint density at radius 1 is 0.872 bits per heavy atom. The van der Waals surface area contributed by atoms with Gasteiger partial charge >= 0.3 is 0 Å². The van der Waals surface area contributed by atoms with Gasteiger partial charge in [0.05, 0.1) is 5.76 Å². The largest absolute Gasteiger partial charge is 0.512 e. The van der Waals surface area contributed by atoms with Crippen molar-refractivity contribution in [2.45, 2.75) is 67.2 Å². The van der Waals surface area contributed by atoms with Gasteiger partial charge in [-0.05, 0) is 84.2 Å². The third-order valence-electron chi connectivity index (χ3n) is 9.65. The van der Waals surface area contributed by atoms with Crippen LogP contribution >= 0.6 is 0 Å². The van der Waals surface area contributed by atoms with Gasteiger partial charge in [-0.2, -0.15) is 0 Å². The molecule has 0 unspecified atom stereocenters. The maximum absolute atomic E-state index is 11.7. The topological polar surface area (TPSA) is 72.3 Å². The number of hydrogen-bond donors (Lipinski definition) is 1. The minimum absolute atomic E-state index is 0. The Bertz CT molecular complexity index is 2150. The molecule has 2 aromatic heterocycles. The molecule has 0 saturated carbocycles. The molecule has 7 rings (SSSR count). The Morgan fingerprint density at radius 3 is 2.32 bits per heavy atom. The van der Waals surface area contributed by atoms with Gasteiger partial charge in [-0.3, -0.25) is 14.8 Å². The molecule has 0 aliphatic carbocycles. The van der Waals surface area contributed by atoms with Gasteiger partial charge in [0.25, 0.3) is 0 Å². The first-order valence-electron chi connectivity index (χ1n) is 16.5. The van der Waals surface area contributed by atoms with E-state index in [1.807, 2.05) is 33.9 Å². The Balaban J connectivity index is 0.000000234. The van der Waals surface area contributed by atoms with Crippen molar-refractivity contribution in [1.29, 1.82) is 0 Å². The first kappa shape index (κ1) is 34.2. The smallest absolute Gasteiger partial charge is 0.162 e. The van der Waals surface area contributed by atoms with E-state index in [1.165, 1.54) is 33.2 Å². The van der Waals surface area contributed by atoms with E-state index in [9.17, 15) is 9.90 Å². The molecule has 0 amide bonds. The number of aliphatic hydroxyl groups is 1. The molecular weight excluding hydrogens is 761 g/mol. The summed E-state index contributed by atoms with van der Waals surface area (Å²) in [6.45, 7) is 12.3. The SMILES string of the molecule is CCC(CC)C(=O)/C=C(\O)C(CC)CC.Cc1ccc2[c-]c3c(nc2c1C)Oc1cc2c4ccccc4ccc2c2ccnc-3c12.[Ir]. The Hall–Kier alpha value is -4.12. The van der Waals surface area contributed by atoms with Crippen molar-refractivity contribution in [2.24, 2.45) is 11.8 Å². The van der Waals surface area contributed by atoms with E-state index in [-0.39, 0.29) is 43.5 Å². The Labute approximate surface area is 290 Å². The van der Waals surface area contributed by atoms with E-state index in [0.717, 1.165) is 69.9 Å². The number of aliphatic hydroxyl groups excluding tert-OH is 1. The van der Waals surface area contributed by atoms with Gasteiger partial charge in [0, 0.05) is 60.8 Å². The minimum Gasteiger partial charge on any atom is -0.512 e. The number of ether oxygens (including phenoxy) is 1. The zero-order valence-electron chi connectivity index (χ0n) is 27.9. The number of carbonyl (C=O) groups excluding carboxylic acids is 1. The molecule has 0 bridgehead atoms. The van der Waals surface area contributed by atoms with Crippen molar-refractivity contribution in [3.05, 3.63) is 95.9 Å². The fourth-order valence-electron chi connectivity index (χ4n) is 6.60. The molecule has 1 radical (unpaired) electrons. The van der Waals surface area contributed by atoms with E-state index >= 15 is 0 Å². The fourth-order valence-corrected chi connectivity index (χ4v) is 6.60. The van der Waals surface area contributed by atoms with Gasteiger partial charge in [0.15, 0.2) is 11.7 Å². The van der Waals surface area contributed by atoms with Crippen LogP contribution in [-0.4, -0.2) is 20.9 Å². The number of pyridine rings is 2. The van der Waals surface area contributed by atoms with E-state index in [1.54, 1.807) is 0 Å². The molecule has 1 aliphatic rings. The summed E-state index contributed by atoms with van der Waals surface area (Å²) in [5, 5.41) is 17.7. The van der Waals surface area contributed by atoms with Gasteiger partial charge in [0.2, 0.25) is 0 Å². The van der Waals surface area contributed by atoms with E-state index in [0.29, 0.717) is 5.88 Å². The van der Waals surface area contributed by atoms with E-state index < -0.39 is 0 Å². The molecule has 6 aromatic rings. The molecule has 4 aromatic carbocycles. The van der Waals surface area contributed by atoms with Gasteiger partial charge in [-0.15, -0.1) is 12.1 Å². The number of aryl methyl sites for hydroxylation is 2. The second kappa shape index (κ2) is 14.3. The molecule has 6 heteroatoms. The third-order valence-corrected chi connectivity index (χ3v) is 9.65. The van der Waals surface area contributed by atoms with Crippen LogP contribution in [0.5, 0.6) is 11.6 Å². The molecule has 3 heterocycles. The molecule has 1 N–H and O–H groups in total. The predicted molar refractivity (Wildman–Crippen MR) is 190 cm³/mol. The molecule has 47 heavy (non-hydrogen) atoms. The zero-order valence-corrected chi connectivity index (χ0v) is 30.3. The Kier molecular flexibility index (Phi) is 10.4. The monoisotopic (exact) mass is 802 g/mol. The normalized spacial score (nSPS) is 12.2. The van der Waals surface area contributed by atoms with Gasteiger partial charge in [-0.1, -0.05) is 86.7 Å². The molecule has 1 aliphatic heterocycles. The van der Waals surface area contributed by atoms with E-state index in [4.69, 9.17) is 14.7 Å². The number of ketones is 1. The summed E-state index contributed by atoms with van der Waals surface area (Å²) in [6, 6.07) is 24.8. The van der Waals surface area contributed by atoms with Crippen LogP contribution in [0.15, 0.2) is 78.7 Å². The molecule has 0 spiro atoms. The number of rotatable bonds is 7. The van der Waals surface area contributed by atoms with Crippen molar-refractivity contribution >= 4 is 49.0 Å². The molecule has 0 atom stereocenters. The second-order valence-electron chi connectivity index (χ2n) is 12.3. The van der Waals surface area contributed by atoms with Crippen molar-refractivity contribution in [3.8, 4) is 22.9 Å². The van der Waals surface area contributed by atoms with Gasteiger partial charge in [0.1, 0.15) is 5.75 Å². The van der Waals surface area contributed by atoms with Crippen molar-refractivity contribution < 1.29 is 34.7 Å². The third kappa shape index (κ3) is 6.29. The van der Waals surface area contributed by atoms with Crippen molar-refractivity contribution in [3.63, 3.8) is 0 Å². The summed E-state index contributed by atoms with van der Waals surface area (Å²) in [5.41, 5.74) is 5.01. The van der Waals surface area contributed by atoms with Crippen LogP contribution in [0.4, 0.5) is 0 Å². The summed E-state index contributed by atoms with van der Waals surface area (Å²) in [5.74, 6) is 1.93. The average Bonchev–Trinajstić information content (AvgIpc) is 3.07. The number of aromatic nitrogens is 2. The maximum atomic E-state index is 11.7. The molecule has 0 saturated heterocycles. The van der Waals surface area contributed by atoms with Crippen molar-refractivity contribution in [1.82, 2.24) is 9.97 Å². The molecular formula is C41H41IrN2O3-. The number of carbonyl (C=O) groups is 1. The number of hydrogen-bond acceptors (Lipinski definition) is 5. The quantitative estimate of drug-likeness (QED) is 0.0752. The summed E-state index contributed by atoms with van der Waals surface area (Å²) < 4.78 is 6.43. The Morgan fingerprint density at radius 2 is 1.60 bits per heavy atom. The van der Waals surface area contributed by atoms with Crippen LogP contribution in [0.2, 0.25) is 0 Å². The number of benzene rings is 4. The van der Waals surface area contributed by atoms with E-state index in [2.05, 4.69) is 80.6 Å². The first-order valence-corrected chi connectivity index (χ1v) is 16.5. The van der Waals surface area contributed by atoms with Crippen LogP contribution in [0.25, 0.3) is 54.5 Å². The van der Waals surface area contributed by atoms with Crippen LogP contribution < -0.4 is 4.74 Å². The molecule has 0 fully saturated rings. The number of allylic oxidation sites excluding steroid dienone is 2. The second-order valence-corrected chi connectivity index (χ2v) is 12.3. The maximum Gasteiger partial charge on any atom is 0.162 e. The predicted octanol–water partition coefficient (Wildman–Crippen LogP) is 11.1. The van der Waals surface area contributed by atoms with Crippen LogP contribution in [-0.2, 0) is 24.9 Å². The number of fused-ring (bicyclic) bond motifs is 7. The minimum atomic E-state index is 0. The summed E-state index contributed by atoms with van der Waals surface area (Å²) in [7, 11) is 0.